The number of nitrogens with zero attached hydrogens (tertiary/aromatic N) is 1. The number of sulfonamides is 1. The maximum Gasteiger partial charge on any atom is 0.251 e. The SMILES string of the molecule is CCN(CC)S(=O)(=O)c1ccc(C(=O)NCCCCOc2ccc(C)cc2)cc1. The summed E-state index contributed by atoms with van der Waals surface area (Å²) in [5.41, 5.74) is 1.64. The van der Waals surface area contributed by atoms with Crippen molar-refractivity contribution in [3.8, 4) is 5.75 Å². The molecule has 0 heterocycles. The number of rotatable bonds is 11. The van der Waals surface area contributed by atoms with Crippen LogP contribution in [0, 0.1) is 6.92 Å². The number of carbonyl (C=O) groups is 1. The summed E-state index contributed by atoms with van der Waals surface area (Å²) in [7, 11) is -3.51. The Kier molecular flexibility index (Phi) is 8.67. The Morgan fingerprint density at radius 2 is 1.59 bits per heavy atom. The van der Waals surface area contributed by atoms with Crippen molar-refractivity contribution in [1.29, 1.82) is 0 Å². The number of ether oxygens (including phenoxy) is 1. The highest BCUT2D eigenvalue weighted by Gasteiger charge is 2.21. The van der Waals surface area contributed by atoms with E-state index in [1.807, 2.05) is 31.2 Å². The zero-order valence-electron chi connectivity index (χ0n) is 17.3. The molecular formula is C22H30N2O4S. The molecule has 0 bridgehead atoms. The third-order valence-corrected chi connectivity index (χ3v) is 6.67. The molecule has 0 radical (unpaired) electrons. The van der Waals surface area contributed by atoms with Crippen molar-refractivity contribution in [1.82, 2.24) is 9.62 Å². The summed E-state index contributed by atoms with van der Waals surface area (Å²) in [5, 5.41) is 2.85. The lowest BCUT2D eigenvalue weighted by atomic mass is 10.2. The Bertz CT molecular complexity index is 874. The van der Waals surface area contributed by atoms with Gasteiger partial charge in [0, 0.05) is 25.2 Å². The molecule has 0 unspecified atom stereocenters. The fraction of sp³-hybridized carbons (Fsp3) is 0.409. The number of hydrogen-bond acceptors (Lipinski definition) is 4. The molecule has 0 atom stereocenters. The maximum atomic E-state index is 12.5. The summed E-state index contributed by atoms with van der Waals surface area (Å²) in [6.45, 7) is 7.59. The highest BCUT2D eigenvalue weighted by molar-refractivity contribution is 7.89. The molecule has 0 aliphatic carbocycles. The van der Waals surface area contributed by atoms with E-state index in [0.29, 0.717) is 31.8 Å². The Hall–Kier alpha value is -2.38. The van der Waals surface area contributed by atoms with Gasteiger partial charge in [-0.3, -0.25) is 4.79 Å². The first-order valence-corrected chi connectivity index (χ1v) is 11.4. The van der Waals surface area contributed by atoms with Gasteiger partial charge >= 0.3 is 0 Å². The Balaban J connectivity index is 1.75. The average molecular weight is 419 g/mol. The van der Waals surface area contributed by atoms with Crippen LogP contribution in [0.2, 0.25) is 0 Å². The van der Waals surface area contributed by atoms with Crippen molar-refractivity contribution in [2.24, 2.45) is 0 Å². The summed E-state index contributed by atoms with van der Waals surface area (Å²) in [6.07, 6.45) is 1.63. The van der Waals surface area contributed by atoms with Gasteiger partial charge in [0.25, 0.3) is 5.91 Å². The van der Waals surface area contributed by atoms with Gasteiger partial charge in [0.15, 0.2) is 0 Å². The van der Waals surface area contributed by atoms with Gasteiger partial charge in [0.1, 0.15) is 5.75 Å². The van der Waals surface area contributed by atoms with Crippen LogP contribution in [-0.4, -0.2) is 44.9 Å². The zero-order chi connectivity index (χ0) is 21.3. The molecule has 1 amide bonds. The summed E-state index contributed by atoms with van der Waals surface area (Å²) in [6, 6.07) is 14.0. The summed E-state index contributed by atoms with van der Waals surface area (Å²) in [5.74, 6) is 0.635. The van der Waals surface area contributed by atoms with Crippen LogP contribution in [0.3, 0.4) is 0 Å². The van der Waals surface area contributed by atoms with E-state index in [4.69, 9.17) is 4.74 Å². The van der Waals surface area contributed by atoms with Crippen molar-refractivity contribution in [2.45, 2.75) is 38.5 Å². The van der Waals surface area contributed by atoms with E-state index in [9.17, 15) is 13.2 Å². The smallest absolute Gasteiger partial charge is 0.251 e. The Labute approximate surface area is 173 Å². The van der Waals surface area contributed by atoms with Crippen molar-refractivity contribution in [3.63, 3.8) is 0 Å². The van der Waals surface area contributed by atoms with Crippen molar-refractivity contribution < 1.29 is 17.9 Å². The normalized spacial score (nSPS) is 11.4. The number of unbranched alkanes of at least 4 members (excludes halogenated alkanes) is 1. The molecule has 2 rings (SSSR count). The van der Waals surface area contributed by atoms with Crippen LogP contribution in [0.25, 0.3) is 0 Å². The molecule has 0 aromatic heterocycles. The van der Waals surface area contributed by atoms with Gasteiger partial charge in [-0.2, -0.15) is 4.31 Å². The van der Waals surface area contributed by atoms with Crippen molar-refractivity contribution in [2.75, 3.05) is 26.2 Å². The molecule has 0 aliphatic rings. The van der Waals surface area contributed by atoms with E-state index < -0.39 is 10.0 Å². The van der Waals surface area contributed by atoms with Gasteiger partial charge in [-0.15, -0.1) is 0 Å². The molecule has 0 saturated heterocycles. The van der Waals surface area contributed by atoms with Crippen molar-refractivity contribution >= 4 is 15.9 Å². The van der Waals surface area contributed by atoms with Gasteiger partial charge in [-0.05, 0) is 56.2 Å². The van der Waals surface area contributed by atoms with E-state index in [0.717, 1.165) is 18.6 Å². The Morgan fingerprint density at radius 3 is 2.17 bits per heavy atom. The number of nitrogens with one attached hydrogen (secondary N) is 1. The molecule has 0 spiro atoms. The molecule has 0 fully saturated rings. The van der Waals surface area contributed by atoms with Gasteiger partial charge in [0.05, 0.1) is 11.5 Å². The second-order valence-electron chi connectivity index (χ2n) is 6.74. The molecule has 2 aromatic rings. The third kappa shape index (κ3) is 6.58. The summed E-state index contributed by atoms with van der Waals surface area (Å²) >= 11 is 0. The van der Waals surface area contributed by atoms with Gasteiger partial charge in [-0.1, -0.05) is 31.5 Å². The second-order valence-corrected chi connectivity index (χ2v) is 8.68. The topological polar surface area (TPSA) is 75.7 Å². The average Bonchev–Trinajstić information content (AvgIpc) is 2.72. The lowest BCUT2D eigenvalue weighted by molar-refractivity contribution is 0.0952. The second kappa shape index (κ2) is 11.0. The fourth-order valence-corrected chi connectivity index (χ4v) is 4.30. The highest BCUT2D eigenvalue weighted by atomic mass is 32.2. The number of carbonyl (C=O) groups excluding carboxylic acids is 1. The highest BCUT2D eigenvalue weighted by Crippen LogP contribution is 2.16. The zero-order valence-corrected chi connectivity index (χ0v) is 18.2. The molecule has 158 valence electrons. The Morgan fingerprint density at radius 1 is 0.966 bits per heavy atom. The minimum Gasteiger partial charge on any atom is -0.494 e. The molecule has 1 N–H and O–H groups in total. The monoisotopic (exact) mass is 418 g/mol. The number of hydrogen-bond donors (Lipinski definition) is 1. The van der Waals surface area contributed by atoms with E-state index in [-0.39, 0.29) is 10.8 Å². The number of benzene rings is 2. The first kappa shape index (κ1) is 22.9. The van der Waals surface area contributed by atoms with Crippen LogP contribution in [0.5, 0.6) is 5.75 Å². The van der Waals surface area contributed by atoms with Gasteiger partial charge < -0.3 is 10.1 Å². The maximum absolute atomic E-state index is 12.5. The van der Waals surface area contributed by atoms with Crippen LogP contribution in [0.15, 0.2) is 53.4 Å². The van der Waals surface area contributed by atoms with Crippen LogP contribution >= 0.6 is 0 Å². The minimum atomic E-state index is -3.51. The van der Waals surface area contributed by atoms with Crippen molar-refractivity contribution in [3.05, 3.63) is 59.7 Å². The van der Waals surface area contributed by atoms with E-state index in [1.165, 1.54) is 22.0 Å². The molecule has 6 nitrogen and oxygen atoms in total. The lowest BCUT2D eigenvalue weighted by Crippen LogP contribution is -2.30. The molecule has 0 aliphatic heterocycles. The van der Waals surface area contributed by atoms with Gasteiger partial charge in [-0.25, -0.2) is 8.42 Å². The van der Waals surface area contributed by atoms with Crippen LogP contribution in [-0.2, 0) is 10.0 Å². The first-order valence-electron chi connectivity index (χ1n) is 9.96. The van der Waals surface area contributed by atoms with Crippen LogP contribution in [0.1, 0.15) is 42.6 Å². The van der Waals surface area contributed by atoms with Crippen LogP contribution < -0.4 is 10.1 Å². The summed E-state index contributed by atoms with van der Waals surface area (Å²) < 4.78 is 32.0. The van der Waals surface area contributed by atoms with Gasteiger partial charge in [0.2, 0.25) is 10.0 Å². The quantitative estimate of drug-likeness (QED) is 0.566. The third-order valence-electron chi connectivity index (χ3n) is 4.61. The van der Waals surface area contributed by atoms with E-state index in [2.05, 4.69) is 5.32 Å². The molecule has 0 saturated carbocycles. The lowest BCUT2D eigenvalue weighted by Gasteiger charge is -2.18. The first-order chi connectivity index (χ1) is 13.9. The molecule has 29 heavy (non-hydrogen) atoms. The number of amides is 1. The van der Waals surface area contributed by atoms with E-state index >= 15 is 0 Å². The largest absolute Gasteiger partial charge is 0.494 e. The minimum absolute atomic E-state index is 0.200. The summed E-state index contributed by atoms with van der Waals surface area (Å²) in [4.78, 5) is 12.4. The predicted molar refractivity (Wildman–Crippen MR) is 115 cm³/mol. The predicted octanol–water partition coefficient (Wildman–Crippen LogP) is 3.61. The van der Waals surface area contributed by atoms with E-state index in [1.54, 1.807) is 26.0 Å². The van der Waals surface area contributed by atoms with Crippen LogP contribution in [0.4, 0.5) is 0 Å². The number of aryl methyl sites for hydroxylation is 1. The standard InChI is InChI=1S/C22H30N2O4S/c1-4-24(5-2)29(26,27)21-14-10-19(11-15-21)22(25)23-16-6-7-17-28-20-12-8-18(3)9-13-20/h8-15H,4-7,16-17H2,1-3H3,(H,23,25). The molecule has 2 aromatic carbocycles. The fourth-order valence-electron chi connectivity index (χ4n) is 2.85. The molecular weight excluding hydrogens is 388 g/mol. The molecule has 7 heteroatoms.